The number of hydrogen-bond acceptors (Lipinski definition) is 6. The van der Waals surface area contributed by atoms with Gasteiger partial charge in [0.1, 0.15) is 11.7 Å². The molecule has 3 aromatic rings. The van der Waals surface area contributed by atoms with Gasteiger partial charge in [-0.3, -0.25) is 4.79 Å². The van der Waals surface area contributed by atoms with E-state index in [0.717, 1.165) is 18.4 Å². The number of nitrogens with zero attached hydrogens (tertiary/aromatic N) is 2. The molecule has 1 fully saturated rings. The molecule has 1 amide bonds. The number of hydrogen-bond donors (Lipinski definition) is 2. The van der Waals surface area contributed by atoms with Crippen LogP contribution in [0.5, 0.6) is 0 Å². The molecule has 0 spiro atoms. The highest BCUT2D eigenvalue weighted by atomic mass is 16.5. The Morgan fingerprint density at radius 3 is 2.96 bits per heavy atom. The van der Waals surface area contributed by atoms with Crippen LogP contribution >= 0.6 is 0 Å². The maximum atomic E-state index is 12.6. The summed E-state index contributed by atoms with van der Waals surface area (Å²) in [5, 5.41) is 6.87. The van der Waals surface area contributed by atoms with E-state index < -0.39 is 0 Å². The van der Waals surface area contributed by atoms with Crippen LogP contribution in [0, 0.1) is 12.8 Å². The van der Waals surface area contributed by atoms with E-state index in [1.807, 2.05) is 0 Å². The molecule has 0 unspecified atom stereocenters. The van der Waals surface area contributed by atoms with Crippen LogP contribution in [0.1, 0.15) is 41.1 Å². The third kappa shape index (κ3) is 2.80. The van der Waals surface area contributed by atoms with Crippen molar-refractivity contribution in [2.24, 2.45) is 5.92 Å². The minimum absolute atomic E-state index is 0.195. The number of aryl methyl sites for hydroxylation is 1. The first kappa shape index (κ1) is 14.9. The summed E-state index contributed by atoms with van der Waals surface area (Å²) < 4.78 is 16.0. The summed E-state index contributed by atoms with van der Waals surface area (Å²) in [5.74, 6) is 0.950. The van der Waals surface area contributed by atoms with Gasteiger partial charge in [0.15, 0.2) is 11.4 Å². The molecule has 4 rings (SSSR count). The van der Waals surface area contributed by atoms with E-state index in [-0.39, 0.29) is 17.9 Å². The second-order valence-corrected chi connectivity index (χ2v) is 5.96. The molecule has 0 saturated carbocycles. The highest BCUT2D eigenvalue weighted by Crippen LogP contribution is 2.29. The van der Waals surface area contributed by atoms with Crippen LogP contribution < -0.4 is 5.32 Å². The Labute approximate surface area is 137 Å². The van der Waals surface area contributed by atoms with Gasteiger partial charge in [-0.2, -0.15) is 4.98 Å². The Kier molecular flexibility index (Phi) is 3.81. The summed E-state index contributed by atoms with van der Waals surface area (Å²) >= 11 is 0. The summed E-state index contributed by atoms with van der Waals surface area (Å²) in [6.45, 7) is 3.09. The molecule has 2 N–H and O–H groups in total. The Morgan fingerprint density at radius 2 is 2.25 bits per heavy atom. The molecule has 0 aliphatic carbocycles. The van der Waals surface area contributed by atoms with Gasteiger partial charge in [-0.15, -0.1) is 0 Å². The molecular weight excluding hydrogens is 312 g/mol. The summed E-state index contributed by atoms with van der Waals surface area (Å²) in [6, 6.07) is 3.13. The molecule has 1 aliphatic heterocycles. The number of aromatic nitrogens is 3. The van der Waals surface area contributed by atoms with Gasteiger partial charge >= 0.3 is 0 Å². The van der Waals surface area contributed by atoms with Crippen molar-refractivity contribution in [3.05, 3.63) is 35.8 Å². The van der Waals surface area contributed by atoms with Crippen molar-refractivity contribution in [3.63, 3.8) is 0 Å². The largest absolute Gasteiger partial charge is 0.463 e. The zero-order valence-electron chi connectivity index (χ0n) is 13.2. The summed E-state index contributed by atoms with van der Waals surface area (Å²) in [7, 11) is 0. The highest BCUT2D eigenvalue weighted by molar-refractivity contribution is 5.96. The summed E-state index contributed by atoms with van der Waals surface area (Å²) in [6.07, 6.45) is 3.24. The van der Waals surface area contributed by atoms with Gasteiger partial charge in [-0.1, -0.05) is 5.16 Å². The van der Waals surface area contributed by atoms with E-state index in [1.165, 1.54) is 0 Å². The molecule has 8 nitrogen and oxygen atoms in total. The van der Waals surface area contributed by atoms with E-state index in [0.29, 0.717) is 36.2 Å². The Hall–Kier alpha value is -2.61. The van der Waals surface area contributed by atoms with Crippen LogP contribution in [0.25, 0.3) is 11.1 Å². The number of H-pyrrole nitrogens is 1. The van der Waals surface area contributed by atoms with Gasteiger partial charge in [0.2, 0.25) is 5.89 Å². The van der Waals surface area contributed by atoms with Crippen molar-refractivity contribution >= 4 is 17.0 Å². The average molecular weight is 330 g/mol. The fourth-order valence-electron chi connectivity index (χ4n) is 3.06. The van der Waals surface area contributed by atoms with Crippen LogP contribution in [-0.2, 0) is 4.74 Å². The van der Waals surface area contributed by atoms with E-state index in [1.54, 1.807) is 25.3 Å². The maximum Gasteiger partial charge on any atom is 0.268 e. The predicted molar refractivity (Wildman–Crippen MR) is 83.3 cm³/mol. The first-order valence-corrected chi connectivity index (χ1v) is 7.96. The second kappa shape index (κ2) is 6.12. The molecule has 24 heavy (non-hydrogen) atoms. The first-order valence-electron chi connectivity index (χ1n) is 7.96. The lowest BCUT2D eigenvalue weighted by Gasteiger charge is -2.28. The van der Waals surface area contributed by atoms with Crippen molar-refractivity contribution in [3.8, 4) is 0 Å². The molecule has 1 atom stereocenters. The van der Waals surface area contributed by atoms with Crippen molar-refractivity contribution in [1.82, 2.24) is 20.4 Å². The van der Waals surface area contributed by atoms with Gasteiger partial charge in [0.05, 0.1) is 11.8 Å². The number of furan rings is 1. The minimum Gasteiger partial charge on any atom is -0.463 e. The Balaban J connectivity index is 1.58. The lowest BCUT2D eigenvalue weighted by molar-refractivity contribution is 0.0467. The van der Waals surface area contributed by atoms with Gasteiger partial charge in [-0.05, 0) is 25.7 Å². The third-order valence-corrected chi connectivity index (χ3v) is 4.32. The smallest absolute Gasteiger partial charge is 0.268 e. The molecular formula is C16H18N4O4. The quantitative estimate of drug-likeness (QED) is 0.760. The maximum absolute atomic E-state index is 12.6. The molecule has 0 bridgehead atoms. The van der Waals surface area contributed by atoms with E-state index in [2.05, 4.69) is 20.4 Å². The van der Waals surface area contributed by atoms with Crippen LogP contribution in [0.3, 0.4) is 0 Å². The molecule has 1 aliphatic rings. The predicted octanol–water partition coefficient (Wildman–Crippen LogP) is 2.35. The second-order valence-electron chi connectivity index (χ2n) is 5.96. The van der Waals surface area contributed by atoms with Gasteiger partial charge < -0.3 is 24.0 Å². The van der Waals surface area contributed by atoms with Crippen molar-refractivity contribution in [2.45, 2.75) is 25.8 Å². The highest BCUT2D eigenvalue weighted by Gasteiger charge is 2.31. The molecule has 3 aromatic heterocycles. The molecule has 0 aromatic carbocycles. The molecule has 1 saturated heterocycles. The van der Waals surface area contributed by atoms with Crippen LogP contribution in [0.4, 0.5) is 0 Å². The van der Waals surface area contributed by atoms with Crippen LogP contribution in [-0.4, -0.2) is 34.2 Å². The Morgan fingerprint density at radius 1 is 1.42 bits per heavy atom. The van der Waals surface area contributed by atoms with E-state index in [9.17, 15) is 4.79 Å². The summed E-state index contributed by atoms with van der Waals surface area (Å²) in [4.78, 5) is 20.0. The van der Waals surface area contributed by atoms with Crippen molar-refractivity contribution in [1.29, 1.82) is 0 Å². The van der Waals surface area contributed by atoms with Crippen LogP contribution in [0.2, 0.25) is 0 Å². The van der Waals surface area contributed by atoms with Crippen molar-refractivity contribution < 1.29 is 18.5 Å². The number of carbonyl (C=O) groups is 1. The van der Waals surface area contributed by atoms with Crippen molar-refractivity contribution in [2.75, 3.05) is 13.2 Å². The summed E-state index contributed by atoms with van der Waals surface area (Å²) in [5.41, 5.74) is 1.88. The fourth-order valence-corrected chi connectivity index (χ4v) is 3.06. The molecule has 0 radical (unpaired) electrons. The van der Waals surface area contributed by atoms with E-state index >= 15 is 0 Å². The van der Waals surface area contributed by atoms with Gasteiger partial charge in [0, 0.05) is 25.3 Å². The number of nitrogens with one attached hydrogen (secondary N) is 2. The first-order chi connectivity index (χ1) is 11.7. The van der Waals surface area contributed by atoms with Gasteiger partial charge in [-0.25, -0.2) is 0 Å². The zero-order valence-corrected chi connectivity index (χ0v) is 13.2. The third-order valence-electron chi connectivity index (χ3n) is 4.32. The zero-order chi connectivity index (χ0) is 16.5. The minimum atomic E-state index is -0.336. The standard InChI is InChI=1S/C16H18N4O4/c1-9-17-16(24-20-9)14(10-2-5-22-6-3-10)19-15(21)12-8-13-11(18-12)4-7-23-13/h4,7-8,10,14,18H,2-3,5-6H2,1H3,(H,19,21)/t14-/m1/s1. The SMILES string of the molecule is Cc1noc([C@H](NC(=O)c2cc3occc3[nH]2)C2CCOCC2)n1. The lowest BCUT2D eigenvalue weighted by atomic mass is 9.91. The lowest BCUT2D eigenvalue weighted by Crippen LogP contribution is -2.36. The number of carbonyl (C=O) groups excluding carboxylic acids is 1. The molecule has 4 heterocycles. The van der Waals surface area contributed by atoms with E-state index in [4.69, 9.17) is 13.7 Å². The topological polar surface area (TPSA) is 106 Å². The Bertz CT molecular complexity index is 815. The average Bonchev–Trinajstić information content (AvgIpc) is 3.29. The monoisotopic (exact) mass is 330 g/mol. The fraction of sp³-hybridized carbons (Fsp3) is 0.438. The number of rotatable bonds is 4. The molecule has 126 valence electrons. The van der Waals surface area contributed by atoms with Crippen LogP contribution in [0.15, 0.2) is 27.3 Å². The number of amides is 1. The number of ether oxygens (including phenoxy) is 1. The number of fused-ring (bicyclic) bond motifs is 1. The normalized spacial score (nSPS) is 17.2. The number of aromatic amines is 1. The van der Waals surface area contributed by atoms with Gasteiger partial charge in [0.25, 0.3) is 5.91 Å². The molecule has 8 heteroatoms.